The maximum atomic E-state index is 5.64. The third-order valence-corrected chi connectivity index (χ3v) is 3.85. The number of hydrogen-bond acceptors (Lipinski definition) is 6. The van der Waals surface area contributed by atoms with Crippen LogP contribution in [-0.4, -0.2) is 21.6 Å². The molecule has 106 valence electrons. The molecule has 0 saturated carbocycles. The van der Waals surface area contributed by atoms with Crippen LogP contribution in [0, 0.1) is 13.8 Å². The molecule has 1 aromatic heterocycles. The summed E-state index contributed by atoms with van der Waals surface area (Å²) in [6.07, 6.45) is 0. The van der Waals surface area contributed by atoms with Crippen molar-refractivity contribution in [1.29, 1.82) is 0 Å². The summed E-state index contributed by atoms with van der Waals surface area (Å²) in [6.45, 7) is 6.37. The van der Waals surface area contributed by atoms with E-state index in [1.807, 2.05) is 32.9 Å². The SMILES string of the molecule is CCOc1nc(N)nc(Nc2cc(C)c(Br)c(C)c2)n1. The van der Waals surface area contributed by atoms with Gasteiger partial charge in [0.25, 0.3) is 0 Å². The molecule has 0 atom stereocenters. The Hall–Kier alpha value is -1.89. The van der Waals surface area contributed by atoms with Crippen LogP contribution < -0.4 is 15.8 Å². The summed E-state index contributed by atoms with van der Waals surface area (Å²) in [7, 11) is 0. The maximum Gasteiger partial charge on any atom is 0.323 e. The second kappa shape index (κ2) is 6.04. The Kier molecular flexibility index (Phi) is 4.39. The van der Waals surface area contributed by atoms with Crippen molar-refractivity contribution in [2.75, 3.05) is 17.7 Å². The number of aryl methyl sites for hydroxylation is 2. The minimum atomic E-state index is 0.122. The van der Waals surface area contributed by atoms with Crippen LogP contribution in [-0.2, 0) is 0 Å². The second-order valence-electron chi connectivity index (χ2n) is 4.28. The number of aromatic nitrogens is 3. The van der Waals surface area contributed by atoms with Crippen LogP contribution in [0.3, 0.4) is 0 Å². The molecule has 6 nitrogen and oxygen atoms in total. The van der Waals surface area contributed by atoms with E-state index < -0.39 is 0 Å². The molecule has 0 saturated heterocycles. The number of nitrogen functional groups attached to an aromatic ring is 1. The Morgan fingerprint density at radius 2 is 1.85 bits per heavy atom. The van der Waals surface area contributed by atoms with Crippen LogP contribution in [0.4, 0.5) is 17.6 Å². The summed E-state index contributed by atoms with van der Waals surface area (Å²) in [5, 5.41) is 3.11. The van der Waals surface area contributed by atoms with Gasteiger partial charge in [-0.3, -0.25) is 0 Å². The van der Waals surface area contributed by atoms with Gasteiger partial charge < -0.3 is 15.8 Å². The van der Waals surface area contributed by atoms with Crippen molar-refractivity contribution in [1.82, 2.24) is 15.0 Å². The summed E-state index contributed by atoms with van der Waals surface area (Å²) < 4.78 is 6.33. The largest absolute Gasteiger partial charge is 0.464 e. The molecular formula is C13H16BrN5O. The zero-order valence-electron chi connectivity index (χ0n) is 11.6. The Balaban J connectivity index is 2.30. The lowest BCUT2D eigenvalue weighted by Crippen LogP contribution is -2.07. The van der Waals surface area contributed by atoms with Crippen molar-refractivity contribution in [3.05, 3.63) is 27.7 Å². The number of nitrogens with two attached hydrogens (primary N) is 1. The number of benzene rings is 1. The van der Waals surface area contributed by atoms with E-state index in [1.165, 1.54) is 0 Å². The molecule has 0 amide bonds. The molecule has 0 radical (unpaired) electrons. The molecule has 0 fully saturated rings. The van der Waals surface area contributed by atoms with Crippen molar-refractivity contribution in [3.8, 4) is 6.01 Å². The first-order valence-electron chi connectivity index (χ1n) is 6.17. The molecule has 0 aliphatic rings. The van der Waals surface area contributed by atoms with E-state index in [2.05, 4.69) is 36.2 Å². The molecule has 2 aromatic rings. The third kappa shape index (κ3) is 3.36. The Labute approximate surface area is 125 Å². The number of anilines is 3. The van der Waals surface area contributed by atoms with Crippen LogP contribution in [0.1, 0.15) is 18.1 Å². The Morgan fingerprint density at radius 1 is 1.20 bits per heavy atom. The molecule has 0 spiro atoms. The highest BCUT2D eigenvalue weighted by Gasteiger charge is 2.07. The van der Waals surface area contributed by atoms with E-state index in [0.29, 0.717) is 12.6 Å². The minimum absolute atomic E-state index is 0.122. The molecule has 20 heavy (non-hydrogen) atoms. The lowest BCUT2D eigenvalue weighted by Gasteiger charge is -2.10. The summed E-state index contributed by atoms with van der Waals surface area (Å²) in [5.74, 6) is 0.485. The molecule has 1 heterocycles. The normalized spacial score (nSPS) is 10.4. The molecule has 0 bridgehead atoms. The fourth-order valence-electron chi connectivity index (χ4n) is 1.77. The number of nitrogens with one attached hydrogen (secondary N) is 1. The molecule has 0 aliphatic carbocycles. The van der Waals surface area contributed by atoms with E-state index in [4.69, 9.17) is 10.5 Å². The van der Waals surface area contributed by atoms with Crippen molar-refractivity contribution < 1.29 is 4.74 Å². The van der Waals surface area contributed by atoms with Gasteiger partial charge in [0.2, 0.25) is 11.9 Å². The highest BCUT2D eigenvalue weighted by Crippen LogP contribution is 2.26. The molecule has 3 N–H and O–H groups in total. The first-order chi connectivity index (χ1) is 9.49. The number of nitrogens with zero attached hydrogens (tertiary/aromatic N) is 3. The first kappa shape index (κ1) is 14.5. The number of halogens is 1. The predicted molar refractivity (Wildman–Crippen MR) is 82.3 cm³/mol. The molecule has 2 rings (SSSR count). The molecule has 7 heteroatoms. The number of rotatable bonds is 4. The lowest BCUT2D eigenvalue weighted by molar-refractivity contribution is 0.312. The van der Waals surface area contributed by atoms with Crippen LogP contribution in [0.2, 0.25) is 0 Å². The minimum Gasteiger partial charge on any atom is -0.464 e. The van der Waals surface area contributed by atoms with Crippen molar-refractivity contribution in [2.45, 2.75) is 20.8 Å². The molecule has 0 unspecified atom stereocenters. The van der Waals surface area contributed by atoms with Gasteiger partial charge >= 0.3 is 6.01 Å². The van der Waals surface area contributed by atoms with E-state index in [9.17, 15) is 0 Å². The van der Waals surface area contributed by atoms with Gasteiger partial charge in [0.15, 0.2) is 0 Å². The number of ether oxygens (including phenoxy) is 1. The van der Waals surface area contributed by atoms with Crippen LogP contribution in [0.5, 0.6) is 6.01 Å². The summed E-state index contributed by atoms with van der Waals surface area (Å²) >= 11 is 3.53. The van der Waals surface area contributed by atoms with Gasteiger partial charge in [0, 0.05) is 10.2 Å². The molecule has 1 aromatic carbocycles. The smallest absolute Gasteiger partial charge is 0.323 e. The first-order valence-corrected chi connectivity index (χ1v) is 6.97. The van der Waals surface area contributed by atoms with Crippen molar-refractivity contribution >= 4 is 33.5 Å². The predicted octanol–water partition coefficient (Wildman–Crippen LogP) is 2.98. The fourth-order valence-corrected chi connectivity index (χ4v) is 2.00. The van der Waals surface area contributed by atoms with Crippen molar-refractivity contribution in [3.63, 3.8) is 0 Å². The fraction of sp³-hybridized carbons (Fsp3) is 0.308. The average Bonchev–Trinajstić information content (AvgIpc) is 2.35. The van der Waals surface area contributed by atoms with Gasteiger partial charge in [-0.15, -0.1) is 0 Å². The highest BCUT2D eigenvalue weighted by molar-refractivity contribution is 9.10. The lowest BCUT2D eigenvalue weighted by atomic mass is 10.1. The van der Waals surface area contributed by atoms with E-state index in [1.54, 1.807) is 0 Å². The van der Waals surface area contributed by atoms with Gasteiger partial charge in [-0.05, 0) is 44.0 Å². The van der Waals surface area contributed by atoms with Crippen molar-refractivity contribution in [2.24, 2.45) is 0 Å². The average molecular weight is 338 g/mol. The third-order valence-electron chi connectivity index (χ3n) is 2.60. The second-order valence-corrected chi connectivity index (χ2v) is 5.07. The molecular weight excluding hydrogens is 322 g/mol. The standard InChI is InChI=1S/C13H16BrN5O/c1-4-20-13-18-11(15)17-12(19-13)16-9-5-7(2)10(14)8(3)6-9/h5-6H,4H2,1-3H3,(H3,15,16,17,18,19). The zero-order valence-corrected chi connectivity index (χ0v) is 13.2. The van der Waals surface area contributed by atoms with Gasteiger partial charge in [0.1, 0.15) is 0 Å². The maximum absolute atomic E-state index is 5.64. The summed E-state index contributed by atoms with van der Waals surface area (Å²) in [6, 6.07) is 4.21. The van der Waals surface area contributed by atoms with Gasteiger partial charge in [-0.1, -0.05) is 15.9 Å². The van der Waals surface area contributed by atoms with Crippen LogP contribution in [0.25, 0.3) is 0 Å². The quantitative estimate of drug-likeness (QED) is 0.891. The summed E-state index contributed by atoms with van der Waals surface area (Å²) in [4.78, 5) is 12.1. The van der Waals surface area contributed by atoms with Crippen LogP contribution in [0.15, 0.2) is 16.6 Å². The van der Waals surface area contributed by atoms with E-state index in [0.717, 1.165) is 21.3 Å². The Morgan fingerprint density at radius 3 is 2.45 bits per heavy atom. The topological polar surface area (TPSA) is 86.0 Å². The van der Waals surface area contributed by atoms with E-state index in [-0.39, 0.29) is 12.0 Å². The zero-order chi connectivity index (χ0) is 14.7. The van der Waals surface area contributed by atoms with Crippen LogP contribution >= 0.6 is 15.9 Å². The summed E-state index contributed by atoms with van der Waals surface area (Å²) in [5.41, 5.74) is 8.77. The van der Waals surface area contributed by atoms with Gasteiger partial charge in [0.05, 0.1) is 6.61 Å². The Bertz CT molecular complexity index is 609. The van der Waals surface area contributed by atoms with Gasteiger partial charge in [-0.25, -0.2) is 0 Å². The monoisotopic (exact) mass is 337 g/mol. The van der Waals surface area contributed by atoms with Gasteiger partial charge in [-0.2, -0.15) is 15.0 Å². The molecule has 0 aliphatic heterocycles. The number of hydrogen-bond donors (Lipinski definition) is 2. The van der Waals surface area contributed by atoms with E-state index >= 15 is 0 Å². The highest BCUT2D eigenvalue weighted by atomic mass is 79.9.